The summed E-state index contributed by atoms with van der Waals surface area (Å²) in [5, 5.41) is 5.51. The topological polar surface area (TPSA) is 87.7 Å². The lowest BCUT2D eigenvalue weighted by Crippen LogP contribution is -2.52. The van der Waals surface area contributed by atoms with E-state index in [-0.39, 0.29) is 18.6 Å². The Morgan fingerprint density at radius 2 is 2.04 bits per heavy atom. The van der Waals surface area contributed by atoms with Crippen molar-refractivity contribution in [2.45, 2.75) is 30.7 Å². The number of nitrogens with one attached hydrogen (secondary N) is 2. The summed E-state index contributed by atoms with van der Waals surface area (Å²) in [5.74, 6) is 0. The fourth-order valence-electron chi connectivity index (χ4n) is 2.64. The van der Waals surface area contributed by atoms with Gasteiger partial charge in [-0.05, 0) is 31.9 Å². The fraction of sp³-hybridized carbons (Fsp3) is 0.562. The van der Waals surface area contributed by atoms with Gasteiger partial charge in [-0.3, -0.25) is 0 Å². The number of piperidine rings is 1. The molecule has 0 spiro atoms. The SMILES string of the molecule is COCCNC(=O)N[C@H]1CCCN(S(=O)(=O)c2ccc(C)cc2)C1. The van der Waals surface area contributed by atoms with Gasteiger partial charge < -0.3 is 15.4 Å². The fourth-order valence-corrected chi connectivity index (χ4v) is 4.16. The van der Waals surface area contributed by atoms with Gasteiger partial charge in [-0.25, -0.2) is 13.2 Å². The minimum Gasteiger partial charge on any atom is -0.383 e. The van der Waals surface area contributed by atoms with Gasteiger partial charge in [0, 0.05) is 32.8 Å². The highest BCUT2D eigenvalue weighted by Crippen LogP contribution is 2.21. The first kappa shape index (κ1) is 18.7. The number of aryl methyl sites for hydroxylation is 1. The van der Waals surface area contributed by atoms with Crippen molar-refractivity contribution in [3.63, 3.8) is 0 Å². The summed E-state index contributed by atoms with van der Waals surface area (Å²) in [7, 11) is -1.96. The number of amides is 2. The molecule has 1 aliphatic rings. The van der Waals surface area contributed by atoms with E-state index in [1.54, 1.807) is 31.4 Å². The number of rotatable bonds is 6. The first-order valence-electron chi connectivity index (χ1n) is 8.03. The van der Waals surface area contributed by atoms with Crippen LogP contribution >= 0.6 is 0 Å². The monoisotopic (exact) mass is 355 g/mol. The number of sulfonamides is 1. The van der Waals surface area contributed by atoms with Crippen molar-refractivity contribution < 1.29 is 17.9 Å². The van der Waals surface area contributed by atoms with Gasteiger partial charge >= 0.3 is 6.03 Å². The molecule has 0 aromatic heterocycles. The van der Waals surface area contributed by atoms with Crippen LogP contribution in [0.3, 0.4) is 0 Å². The van der Waals surface area contributed by atoms with Crippen LogP contribution in [0.4, 0.5) is 4.79 Å². The van der Waals surface area contributed by atoms with Crippen molar-refractivity contribution in [1.82, 2.24) is 14.9 Å². The van der Waals surface area contributed by atoms with Crippen LogP contribution in [0.2, 0.25) is 0 Å². The van der Waals surface area contributed by atoms with E-state index in [0.29, 0.717) is 31.0 Å². The van der Waals surface area contributed by atoms with Gasteiger partial charge in [-0.1, -0.05) is 17.7 Å². The molecule has 2 N–H and O–H groups in total. The van der Waals surface area contributed by atoms with Gasteiger partial charge in [-0.2, -0.15) is 4.31 Å². The summed E-state index contributed by atoms with van der Waals surface area (Å²) in [6, 6.07) is 6.33. The maximum absolute atomic E-state index is 12.7. The van der Waals surface area contributed by atoms with E-state index < -0.39 is 10.0 Å². The third-order valence-electron chi connectivity index (χ3n) is 3.97. The molecule has 1 aliphatic heterocycles. The van der Waals surface area contributed by atoms with Gasteiger partial charge in [0.05, 0.1) is 11.5 Å². The molecule has 1 atom stereocenters. The van der Waals surface area contributed by atoms with Crippen molar-refractivity contribution in [2.75, 3.05) is 33.4 Å². The molecule has 8 heteroatoms. The molecule has 0 radical (unpaired) electrons. The zero-order chi connectivity index (χ0) is 17.6. The predicted molar refractivity (Wildman–Crippen MR) is 91.4 cm³/mol. The van der Waals surface area contributed by atoms with Crippen LogP contribution in [0, 0.1) is 6.92 Å². The Morgan fingerprint density at radius 1 is 1.33 bits per heavy atom. The molecule has 2 rings (SSSR count). The minimum atomic E-state index is -3.53. The van der Waals surface area contributed by atoms with E-state index in [4.69, 9.17) is 4.74 Å². The van der Waals surface area contributed by atoms with Crippen molar-refractivity contribution in [3.05, 3.63) is 29.8 Å². The number of nitrogens with zero attached hydrogens (tertiary/aromatic N) is 1. The highest BCUT2D eigenvalue weighted by molar-refractivity contribution is 7.89. The largest absolute Gasteiger partial charge is 0.383 e. The molecule has 0 saturated carbocycles. The molecular weight excluding hydrogens is 330 g/mol. The minimum absolute atomic E-state index is 0.193. The third kappa shape index (κ3) is 4.93. The predicted octanol–water partition coefficient (Wildman–Crippen LogP) is 1.09. The van der Waals surface area contributed by atoms with Crippen molar-refractivity contribution in [1.29, 1.82) is 0 Å². The van der Waals surface area contributed by atoms with Crippen LogP contribution in [0.1, 0.15) is 18.4 Å². The Morgan fingerprint density at radius 3 is 2.71 bits per heavy atom. The highest BCUT2D eigenvalue weighted by Gasteiger charge is 2.30. The summed E-state index contributed by atoms with van der Waals surface area (Å²) in [6.07, 6.45) is 1.48. The van der Waals surface area contributed by atoms with Crippen molar-refractivity contribution >= 4 is 16.1 Å². The smallest absolute Gasteiger partial charge is 0.315 e. The zero-order valence-electron chi connectivity index (χ0n) is 14.1. The highest BCUT2D eigenvalue weighted by atomic mass is 32.2. The Kier molecular flexibility index (Phi) is 6.59. The lowest BCUT2D eigenvalue weighted by molar-refractivity contribution is 0.193. The second-order valence-corrected chi connectivity index (χ2v) is 7.85. The Bertz CT molecular complexity index is 646. The Balaban J connectivity index is 1.97. The van der Waals surface area contributed by atoms with Gasteiger partial charge in [0.25, 0.3) is 0 Å². The standard InChI is InChI=1S/C16H25N3O4S/c1-13-5-7-15(8-6-13)24(21,22)19-10-3-4-14(12-19)18-16(20)17-9-11-23-2/h5-8,14H,3-4,9-12H2,1-2H3,(H2,17,18,20)/t14-/m0/s1. The average molecular weight is 355 g/mol. The maximum atomic E-state index is 12.7. The van der Waals surface area contributed by atoms with Gasteiger partial charge in [-0.15, -0.1) is 0 Å². The summed E-state index contributed by atoms with van der Waals surface area (Å²) in [5.41, 5.74) is 1.01. The van der Waals surface area contributed by atoms with Gasteiger partial charge in [0.15, 0.2) is 0 Å². The molecule has 0 aliphatic carbocycles. The molecule has 134 valence electrons. The lowest BCUT2D eigenvalue weighted by Gasteiger charge is -2.32. The van der Waals surface area contributed by atoms with Crippen molar-refractivity contribution in [2.24, 2.45) is 0 Å². The lowest BCUT2D eigenvalue weighted by atomic mass is 10.1. The number of benzene rings is 1. The second-order valence-electron chi connectivity index (χ2n) is 5.91. The van der Waals surface area contributed by atoms with Crippen LogP contribution in [0.15, 0.2) is 29.2 Å². The third-order valence-corrected chi connectivity index (χ3v) is 5.85. The zero-order valence-corrected chi connectivity index (χ0v) is 14.9. The molecule has 1 heterocycles. The number of hydrogen-bond acceptors (Lipinski definition) is 4. The first-order valence-corrected chi connectivity index (χ1v) is 9.47. The van der Waals surface area contributed by atoms with E-state index in [1.165, 1.54) is 4.31 Å². The molecule has 1 aromatic rings. The number of hydrogen-bond donors (Lipinski definition) is 2. The molecule has 0 bridgehead atoms. The van der Waals surface area contributed by atoms with E-state index in [0.717, 1.165) is 12.0 Å². The first-order chi connectivity index (χ1) is 11.4. The molecule has 1 saturated heterocycles. The summed E-state index contributed by atoms with van der Waals surface area (Å²) < 4.78 is 31.8. The molecule has 24 heavy (non-hydrogen) atoms. The number of methoxy groups -OCH3 is 1. The number of urea groups is 1. The van der Waals surface area contributed by atoms with Crippen LogP contribution in [-0.2, 0) is 14.8 Å². The molecular formula is C16H25N3O4S. The molecule has 7 nitrogen and oxygen atoms in total. The molecule has 0 unspecified atom stereocenters. The Hall–Kier alpha value is -1.64. The van der Waals surface area contributed by atoms with E-state index in [1.807, 2.05) is 6.92 Å². The van der Waals surface area contributed by atoms with Crippen LogP contribution in [-0.4, -0.2) is 58.1 Å². The maximum Gasteiger partial charge on any atom is 0.315 e. The molecule has 1 aromatic carbocycles. The van der Waals surface area contributed by atoms with Gasteiger partial charge in [0.2, 0.25) is 10.0 Å². The molecule has 2 amide bonds. The summed E-state index contributed by atoms with van der Waals surface area (Å²) in [6.45, 7) is 3.53. The van der Waals surface area contributed by atoms with Crippen LogP contribution in [0.25, 0.3) is 0 Å². The average Bonchev–Trinajstić information content (AvgIpc) is 2.56. The van der Waals surface area contributed by atoms with Crippen LogP contribution in [0.5, 0.6) is 0 Å². The Labute approximate surface area is 143 Å². The summed E-state index contributed by atoms with van der Waals surface area (Å²) >= 11 is 0. The number of carbonyl (C=O) groups is 1. The van der Waals surface area contributed by atoms with Gasteiger partial charge in [0.1, 0.15) is 0 Å². The van der Waals surface area contributed by atoms with Crippen LogP contribution < -0.4 is 10.6 Å². The second kappa shape index (κ2) is 8.46. The van der Waals surface area contributed by atoms with E-state index >= 15 is 0 Å². The van der Waals surface area contributed by atoms with E-state index in [9.17, 15) is 13.2 Å². The normalized spacial score (nSPS) is 19.0. The summed E-state index contributed by atoms with van der Waals surface area (Å²) in [4.78, 5) is 12.1. The van der Waals surface area contributed by atoms with Crippen molar-refractivity contribution in [3.8, 4) is 0 Å². The number of ether oxygens (including phenoxy) is 1. The molecule has 1 fully saturated rings. The number of carbonyl (C=O) groups excluding carboxylic acids is 1. The van der Waals surface area contributed by atoms with E-state index in [2.05, 4.69) is 10.6 Å². The quantitative estimate of drug-likeness (QED) is 0.748.